The number of anilines is 1. The number of halogens is 1. The van der Waals surface area contributed by atoms with Gasteiger partial charge in [0.25, 0.3) is 5.91 Å². The van der Waals surface area contributed by atoms with Crippen LogP contribution in [-0.2, 0) is 4.79 Å². The van der Waals surface area contributed by atoms with Crippen molar-refractivity contribution in [1.29, 1.82) is 0 Å². The lowest BCUT2D eigenvalue weighted by Gasteiger charge is -2.33. The molecule has 2 amide bonds. The summed E-state index contributed by atoms with van der Waals surface area (Å²) in [6.45, 7) is 5.83. The number of nitrogens with one attached hydrogen (secondary N) is 1. The molecule has 0 atom stereocenters. The Morgan fingerprint density at radius 3 is 2.56 bits per heavy atom. The third-order valence-electron chi connectivity index (χ3n) is 2.84. The predicted molar refractivity (Wildman–Crippen MR) is 73.6 cm³/mol. The van der Waals surface area contributed by atoms with Crippen LogP contribution in [0.3, 0.4) is 0 Å². The third kappa shape index (κ3) is 2.41. The lowest BCUT2D eigenvalue weighted by molar-refractivity contribution is -0.117. The van der Waals surface area contributed by atoms with E-state index in [0.29, 0.717) is 11.3 Å². The number of amides is 2. The number of rotatable bonds is 0. The molecule has 1 aliphatic heterocycles. The van der Waals surface area contributed by atoms with Gasteiger partial charge >= 0.3 is 0 Å². The summed E-state index contributed by atoms with van der Waals surface area (Å²) in [4.78, 5) is 25.9. The molecule has 0 fully saturated rings. The van der Waals surface area contributed by atoms with E-state index in [1.165, 1.54) is 0 Å². The molecule has 1 aromatic rings. The molecule has 0 unspecified atom stereocenters. The number of carbonyl (C=O) groups is 2. The minimum atomic E-state index is -0.391. The van der Waals surface area contributed by atoms with Crippen LogP contribution < -0.4 is 5.32 Å². The first-order valence-electron chi connectivity index (χ1n) is 5.70. The number of hydrogen-bond donors (Lipinski definition) is 1. The van der Waals surface area contributed by atoms with E-state index in [9.17, 15) is 9.59 Å². The number of benzene rings is 1. The second-order valence-electron chi connectivity index (χ2n) is 5.30. The van der Waals surface area contributed by atoms with Gasteiger partial charge in [0, 0.05) is 10.0 Å². The third-order valence-corrected chi connectivity index (χ3v) is 3.34. The smallest absolute Gasteiger partial charge is 0.256 e. The monoisotopic (exact) mass is 310 g/mol. The Bertz CT molecular complexity index is 520. The van der Waals surface area contributed by atoms with Crippen molar-refractivity contribution in [3.8, 4) is 0 Å². The van der Waals surface area contributed by atoms with E-state index < -0.39 is 5.54 Å². The molecule has 18 heavy (non-hydrogen) atoms. The largest absolute Gasteiger partial charge is 0.324 e. The Hall–Kier alpha value is -1.36. The molecule has 1 aliphatic rings. The average molecular weight is 311 g/mol. The SMILES string of the molecule is CC(C)(C)N1CC(=O)Nc2ccc(Br)cc2C1=O. The highest BCUT2D eigenvalue weighted by atomic mass is 79.9. The molecule has 2 rings (SSSR count). The van der Waals surface area contributed by atoms with Gasteiger partial charge in [-0.3, -0.25) is 9.59 Å². The quantitative estimate of drug-likeness (QED) is 0.801. The van der Waals surface area contributed by atoms with E-state index >= 15 is 0 Å². The summed E-state index contributed by atoms with van der Waals surface area (Å²) in [6, 6.07) is 5.28. The first-order valence-corrected chi connectivity index (χ1v) is 6.50. The van der Waals surface area contributed by atoms with E-state index in [-0.39, 0.29) is 18.4 Å². The molecule has 1 N–H and O–H groups in total. The molecular weight excluding hydrogens is 296 g/mol. The highest BCUT2D eigenvalue weighted by Gasteiger charge is 2.33. The van der Waals surface area contributed by atoms with E-state index in [0.717, 1.165) is 4.47 Å². The van der Waals surface area contributed by atoms with Crippen molar-refractivity contribution < 1.29 is 9.59 Å². The fourth-order valence-electron chi connectivity index (χ4n) is 1.89. The maximum Gasteiger partial charge on any atom is 0.256 e. The molecule has 0 aromatic heterocycles. The molecule has 0 bridgehead atoms. The minimum absolute atomic E-state index is 0.0780. The summed E-state index contributed by atoms with van der Waals surface area (Å²) >= 11 is 3.35. The highest BCUT2D eigenvalue weighted by Crippen LogP contribution is 2.27. The topological polar surface area (TPSA) is 49.4 Å². The summed E-state index contributed by atoms with van der Waals surface area (Å²) in [5.41, 5.74) is 0.698. The molecule has 4 nitrogen and oxygen atoms in total. The Kier molecular flexibility index (Phi) is 3.19. The van der Waals surface area contributed by atoms with E-state index in [2.05, 4.69) is 21.2 Å². The van der Waals surface area contributed by atoms with Crippen molar-refractivity contribution in [3.63, 3.8) is 0 Å². The van der Waals surface area contributed by atoms with E-state index in [1.54, 1.807) is 23.1 Å². The minimum Gasteiger partial charge on any atom is -0.324 e. The zero-order valence-corrected chi connectivity index (χ0v) is 12.2. The van der Waals surface area contributed by atoms with Crippen molar-refractivity contribution in [2.45, 2.75) is 26.3 Å². The van der Waals surface area contributed by atoms with Gasteiger partial charge in [0.1, 0.15) is 6.54 Å². The summed E-state index contributed by atoms with van der Waals surface area (Å²) in [5, 5.41) is 2.76. The van der Waals surface area contributed by atoms with Crippen molar-refractivity contribution >= 4 is 33.4 Å². The van der Waals surface area contributed by atoms with Gasteiger partial charge in [0.05, 0.1) is 11.3 Å². The maximum atomic E-state index is 12.5. The lowest BCUT2D eigenvalue weighted by atomic mass is 10.0. The summed E-state index contributed by atoms with van der Waals surface area (Å²) < 4.78 is 0.819. The molecule has 1 heterocycles. The van der Waals surface area contributed by atoms with Crippen LogP contribution in [0, 0.1) is 0 Å². The number of fused-ring (bicyclic) bond motifs is 1. The van der Waals surface area contributed by atoms with Crippen LogP contribution in [0.25, 0.3) is 0 Å². The lowest BCUT2D eigenvalue weighted by Crippen LogP contribution is -2.47. The standard InChI is InChI=1S/C13H15BrN2O2/c1-13(2,3)16-7-11(17)15-10-5-4-8(14)6-9(10)12(16)18/h4-6H,7H2,1-3H3,(H,15,17). The van der Waals surface area contributed by atoms with Gasteiger partial charge in [-0.2, -0.15) is 0 Å². The van der Waals surface area contributed by atoms with Gasteiger partial charge in [0.15, 0.2) is 0 Å². The van der Waals surface area contributed by atoms with Crippen LogP contribution in [0.15, 0.2) is 22.7 Å². The molecule has 96 valence electrons. The van der Waals surface area contributed by atoms with Crippen LogP contribution in [0.5, 0.6) is 0 Å². The molecule has 0 spiro atoms. The fraction of sp³-hybridized carbons (Fsp3) is 0.385. The van der Waals surface area contributed by atoms with E-state index in [1.807, 2.05) is 20.8 Å². The second-order valence-corrected chi connectivity index (χ2v) is 6.22. The van der Waals surface area contributed by atoms with Gasteiger partial charge in [-0.05, 0) is 39.0 Å². The molecule has 0 saturated carbocycles. The number of hydrogen-bond acceptors (Lipinski definition) is 2. The van der Waals surface area contributed by atoms with Gasteiger partial charge in [-0.1, -0.05) is 15.9 Å². The molecular formula is C13H15BrN2O2. The fourth-order valence-corrected chi connectivity index (χ4v) is 2.26. The second kappa shape index (κ2) is 4.39. The van der Waals surface area contributed by atoms with Gasteiger partial charge < -0.3 is 10.2 Å². The van der Waals surface area contributed by atoms with Crippen molar-refractivity contribution in [2.24, 2.45) is 0 Å². The molecule has 0 aliphatic carbocycles. The molecule has 0 radical (unpaired) electrons. The van der Waals surface area contributed by atoms with Crippen LogP contribution in [0.1, 0.15) is 31.1 Å². The Balaban J connectivity index is 2.54. The van der Waals surface area contributed by atoms with E-state index in [4.69, 9.17) is 0 Å². The van der Waals surface area contributed by atoms with Gasteiger partial charge in [-0.15, -0.1) is 0 Å². The van der Waals surface area contributed by atoms with Gasteiger partial charge in [-0.25, -0.2) is 0 Å². The van der Waals surface area contributed by atoms with Crippen LogP contribution in [-0.4, -0.2) is 28.8 Å². The van der Waals surface area contributed by atoms with Crippen molar-refractivity contribution in [2.75, 3.05) is 11.9 Å². The molecule has 0 saturated heterocycles. The number of nitrogens with zero attached hydrogens (tertiary/aromatic N) is 1. The van der Waals surface area contributed by atoms with Crippen LogP contribution >= 0.6 is 15.9 Å². The van der Waals surface area contributed by atoms with Gasteiger partial charge in [0.2, 0.25) is 5.91 Å². The predicted octanol–water partition coefficient (Wildman–Crippen LogP) is 2.64. The summed E-state index contributed by atoms with van der Waals surface area (Å²) in [5.74, 6) is -0.295. The maximum absolute atomic E-state index is 12.5. The number of carbonyl (C=O) groups excluding carboxylic acids is 2. The Labute approximate surface area is 114 Å². The average Bonchev–Trinajstić information content (AvgIpc) is 2.37. The van der Waals surface area contributed by atoms with Crippen molar-refractivity contribution in [3.05, 3.63) is 28.2 Å². The van der Waals surface area contributed by atoms with Crippen LogP contribution in [0.4, 0.5) is 5.69 Å². The summed E-state index contributed by atoms with van der Waals surface area (Å²) in [6.07, 6.45) is 0. The first kappa shape index (κ1) is 13.1. The summed E-state index contributed by atoms with van der Waals surface area (Å²) in [7, 11) is 0. The molecule has 1 aromatic carbocycles. The molecule has 5 heteroatoms. The first-order chi connectivity index (χ1) is 8.29. The highest BCUT2D eigenvalue weighted by molar-refractivity contribution is 9.10. The Morgan fingerprint density at radius 2 is 1.94 bits per heavy atom. The van der Waals surface area contributed by atoms with Crippen molar-refractivity contribution in [1.82, 2.24) is 4.90 Å². The normalized spacial score (nSPS) is 16.1. The van der Waals surface area contributed by atoms with Crippen LogP contribution in [0.2, 0.25) is 0 Å². The zero-order valence-electron chi connectivity index (χ0n) is 10.6. The zero-order chi connectivity index (χ0) is 13.5. The Morgan fingerprint density at radius 1 is 1.28 bits per heavy atom.